The number of aromatic nitrogens is 3. The summed E-state index contributed by atoms with van der Waals surface area (Å²) in [6.45, 7) is 0. The molecule has 88 valence electrons. The van der Waals surface area contributed by atoms with Crippen LogP contribution in [0.1, 0.15) is 0 Å². The molecule has 1 aromatic heterocycles. The molecule has 1 N–H and O–H groups in total. The summed E-state index contributed by atoms with van der Waals surface area (Å²) in [6, 6.07) is 7.34. The highest BCUT2D eigenvalue weighted by Crippen LogP contribution is 2.18. The highest BCUT2D eigenvalue weighted by Gasteiger charge is 2.05. The molecule has 2 aromatic rings. The van der Waals surface area contributed by atoms with Crippen molar-refractivity contribution in [2.24, 2.45) is 7.05 Å². The molecule has 0 aliphatic carbocycles. The number of hydrogen-bond donors (Lipinski definition) is 1. The van der Waals surface area contributed by atoms with Crippen LogP contribution in [0.4, 0.5) is 5.69 Å². The van der Waals surface area contributed by atoms with Gasteiger partial charge in [-0.05, 0) is 24.3 Å². The Morgan fingerprint density at radius 3 is 2.65 bits per heavy atom. The van der Waals surface area contributed by atoms with Gasteiger partial charge >= 0.3 is 0 Å². The predicted molar refractivity (Wildman–Crippen MR) is 65.8 cm³/mol. The molecule has 1 aromatic carbocycles. The fourth-order valence-corrected chi connectivity index (χ4v) is 1.51. The van der Waals surface area contributed by atoms with Crippen molar-refractivity contribution in [2.75, 3.05) is 11.2 Å². The summed E-state index contributed by atoms with van der Waals surface area (Å²) < 4.78 is 1.83. The molecule has 2 rings (SSSR count). The van der Waals surface area contributed by atoms with Crippen LogP contribution in [0, 0.1) is 0 Å². The number of amides is 1. The summed E-state index contributed by atoms with van der Waals surface area (Å²) in [5, 5.41) is 10.5. The monoisotopic (exact) mass is 250 g/mol. The Hall–Kier alpha value is -1.88. The predicted octanol–water partition coefficient (Wildman–Crippen LogP) is 1.66. The van der Waals surface area contributed by atoms with Gasteiger partial charge in [0.2, 0.25) is 5.91 Å². The summed E-state index contributed by atoms with van der Waals surface area (Å²) in [5.74, 6) is 0.503. The number of halogens is 1. The van der Waals surface area contributed by atoms with Crippen molar-refractivity contribution in [3.05, 3.63) is 30.6 Å². The van der Waals surface area contributed by atoms with E-state index in [1.165, 1.54) is 0 Å². The summed E-state index contributed by atoms with van der Waals surface area (Å²) in [7, 11) is 1.87. The molecular formula is C11H11ClN4O. The maximum atomic E-state index is 11.1. The lowest BCUT2D eigenvalue weighted by atomic mass is 10.2. The number of alkyl halides is 1. The standard InChI is InChI=1S/C11H11ClN4O/c1-16-7-13-15-11(16)8-2-4-9(5-3-8)14-10(17)6-12/h2-5,7H,6H2,1H3,(H,14,17). The molecule has 0 aliphatic rings. The van der Waals surface area contributed by atoms with Crippen molar-refractivity contribution in [3.8, 4) is 11.4 Å². The molecule has 0 saturated carbocycles. The lowest BCUT2D eigenvalue weighted by molar-refractivity contribution is -0.113. The SMILES string of the molecule is Cn1cnnc1-c1ccc(NC(=O)CCl)cc1. The molecule has 1 amide bonds. The van der Waals surface area contributed by atoms with Crippen LogP contribution >= 0.6 is 11.6 Å². The van der Waals surface area contributed by atoms with Gasteiger partial charge in [0.15, 0.2) is 5.82 Å². The van der Waals surface area contributed by atoms with Crippen LogP contribution in [-0.4, -0.2) is 26.6 Å². The average Bonchev–Trinajstić information content (AvgIpc) is 2.76. The molecule has 1 heterocycles. The number of aryl methyl sites for hydroxylation is 1. The molecule has 0 radical (unpaired) electrons. The van der Waals surface area contributed by atoms with Gasteiger partial charge < -0.3 is 9.88 Å². The van der Waals surface area contributed by atoms with Gasteiger partial charge in [-0.15, -0.1) is 21.8 Å². The van der Waals surface area contributed by atoms with Crippen LogP contribution in [0.3, 0.4) is 0 Å². The fraction of sp³-hybridized carbons (Fsp3) is 0.182. The number of nitrogens with zero attached hydrogens (tertiary/aromatic N) is 3. The van der Waals surface area contributed by atoms with Crippen LogP contribution in [0.25, 0.3) is 11.4 Å². The molecule has 0 fully saturated rings. The van der Waals surface area contributed by atoms with E-state index in [1.807, 2.05) is 23.7 Å². The van der Waals surface area contributed by atoms with Gasteiger partial charge in [-0.3, -0.25) is 4.79 Å². The molecule has 0 bridgehead atoms. The van der Waals surface area contributed by atoms with Crippen molar-refractivity contribution < 1.29 is 4.79 Å². The summed E-state index contributed by atoms with van der Waals surface area (Å²) in [5.41, 5.74) is 1.65. The third kappa shape index (κ3) is 2.62. The highest BCUT2D eigenvalue weighted by atomic mass is 35.5. The molecule has 0 spiro atoms. The van der Waals surface area contributed by atoms with Gasteiger partial charge in [0, 0.05) is 18.3 Å². The molecular weight excluding hydrogens is 240 g/mol. The smallest absolute Gasteiger partial charge is 0.239 e. The van der Waals surface area contributed by atoms with Gasteiger partial charge in [0.1, 0.15) is 12.2 Å². The van der Waals surface area contributed by atoms with E-state index in [-0.39, 0.29) is 11.8 Å². The van der Waals surface area contributed by atoms with Gasteiger partial charge in [-0.2, -0.15) is 0 Å². The fourth-order valence-electron chi connectivity index (χ4n) is 1.44. The largest absolute Gasteiger partial charge is 0.325 e. The topological polar surface area (TPSA) is 59.8 Å². The second-order valence-electron chi connectivity index (χ2n) is 3.52. The Kier molecular flexibility index (Phi) is 3.39. The van der Waals surface area contributed by atoms with E-state index in [9.17, 15) is 4.79 Å². The Labute approximate surface area is 103 Å². The van der Waals surface area contributed by atoms with Crippen molar-refractivity contribution in [2.45, 2.75) is 0 Å². The van der Waals surface area contributed by atoms with E-state index in [0.29, 0.717) is 5.69 Å². The lowest BCUT2D eigenvalue weighted by Gasteiger charge is -2.04. The van der Waals surface area contributed by atoms with Gasteiger partial charge in [-0.1, -0.05) is 0 Å². The lowest BCUT2D eigenvalue weighted by Crippen LogP contribution is -2.12. The minimum Gasteiger partial charge on any atom is -0.325 e. The second kappa shape index (κ2) is 4.97. The highest BCUT2D eigenvalue weighted by molar-refractivity contribution is 6.29. The van der Waals surface area contributed by atoms with E-state index in [0.717, 1.165) is 11.4 Å². The Morgan fingerprint density at radius 1 is 1.41 bits per heavy atom. The minimum atomic E-state index is -0.224. The minimum absolute atomic E-state index is 0.0506. The molecule has 6 heteroatoms. The molecule has 0 aliphatic heterocycles. The second-order valence-corrected chi connectivity index (χ2v) is 3.79. The van der Waals surface area contributed by atoms with Gasteiger partial charge in [0.25, 0.3) is 0 Å². The molecule has 0 saturated heterocycles. The first-order valence-electron chi connectivity index (χ1n) is 5.01. The summed E-state index contributed by atoms with van der Waals surface area (Å²) >= 11 is 5.40. The number of rotatable bonds is 3. The Balaban J connectivity index is 2.19. The van der Waals surface area contributed by atoms with Gasteiger partial charge in [0.05, 0.1) is 0 Å². The third-order valence-electron chi connectivity index (χ3n) is 2.26. The van der Waals surface area contributed by atoms with E-state index in [2.05, 4.69) is 15.5 Å². The van der Waals surface area contributed by atoms with Crippen LogP contribution in [0.2, 0.25) is 0 Å². The first-order valence-corrected chi connectivity index (χ1v) is 5.54. The van der Waals surface area contributed by atoms with E-state index >= 15 is 0 Å². The molecule has 0 atom stereocenters. The summed E-state index contributed by atoms with van der Waals surface area (Å²) in [4.78, 5) is 11.1. The van der Waals surface area contributed by atoms with Crippen molar-refractivity contribution in [1.82, 2.24) is 14.8 Å². The first kappa shape index (κ1) is 11.6. The van der Waals surface area contributed by atoms with Crippen molar-refractivity contribution >= 4 is 23.2 Å². The van der Waals surface area contributed by atoms with E-state index < -0.39 is 0 Å². The molecule has 0 unspecified atom stereocenters. The molecule has 17 heavy (non-hydrogen) atoms. The molecule has 5 nitrogen and oxygen atoms in total. The number of carbonyl (C=O) groups is 1. The normalized spacial score (nSPS) is 10.2. The Morgan fingerprint density at radius 2 is 2.12 bits per heavy atom. The first-order chi connectivity index (χ1) is 8.20. The quantitative estimate of drug-likeness (QED) is 0.843. The van der Waals surface area contributed by atoms with Gasteiger partial charge in [-0.25, -0.2) is 0 Å². The number of nitrogens with one attached hydrogen (secondary N) is 1. The van der Waals surface area contributed by atoms with E-state index in [4.69, 9.17) is 11.6 Å². The van der Waals surface area contributed by atoms with Crippen molar-refractivity contribution in [3.63, 3.8) is 0 Å². The van der Waals surface area contributed by atoms with E-state index in [1.54, 1.807) is 18.5 Å². The Bertz CT molecular complexity index is 521. The zero-order valence-electron chi connectivity index (χ0n) is 9.22. The number of benzene rings is 1. The zero-order chi connectivity index (χ0) is 12.3. The zero-order valence-corrected chi connectivity index (χ0v) is 9.98. The number of anilines is 1. The number of hydrogen-bond acceptors (Lipinski definition) is 3. The van der Waals surface area contributed by atoms with Crippen LogP contribution in [0.15, 0.2) is 30.6 Å². The third-order valence-corrected chi connectivity index (χ3v) is 2.50. The maximum absolute atomic E-state index is 11.1. The van der Waals surface area contributed by atoms with Crippen molar-refractivity contribution in [1.29, 1.82) is 0 Å². The maximum Gasteiger partial charge on any atom is 0.239 e. The number of carbonyl (C=O) groups excluding carboxylic acids is 1. The van der Waals surface area contributed by atoms with Crippen LogP contribution in [0.5, 0.6) is 0 Å². The summed E-state index contributed by atoms with van der Waals surface area (Å²) in [6.07, 6.45) is 1.64. The van der Waals surface area contributed by atoms with Crippen LogP contribution < -0.4 is 5.32 Å². The van der Waals surface area contributed by atoms with Crippen LogP contribution in [-0.2, 0) is 11.8 Å². The average molecular weight is 251 g/mol.